The zero-order chi connectivity index (χ0) is 29.1. The van der Waals surface area contributed by atoms with Crippen molar-refractivity contribution in [2.24, 2.45) is 0 Å². The van der Waals surface area contributed by atoms with Crippen LogP contribution in [0.25, 0.3) is 11.0 Å². The molecule has 13 heteroatoms. The Morgan fingerprint density at radius 3 is 2.27 bits per heavy atom. The van der Waals surface area contributed by atoms with Crippen LogP contribution in [0.2, 0.25) is 0 Å². The standard InChI is InChI=1S/C28H27BrN4O7S/c1-36-21-10-18(11-22(15-21)37-2)17-33(41(34,35)26-14-20(29)6-7-23(26)38-3)28-27-24(39-4)12-19(13-25(27)40-31-28)16-32-9-5-8-30-32/h5-15H,16-17H2,1-4H3. The molecule has 2 aromatic heterocycles. The number of sulfonamides is 1. The molecule has 0 aliphatic heterocycles. The lowest BCUT2D eigenvalue weighted by atomic mass is 10.1. The molecule has 0 aliphatic carbocycles. The molecule has 0 spiro atoms. The average Bonchev–Trinajstić information content (AvgIpc) is 3.65. The lowest BCUT2D eigenvalue weighted by molar-refractivity contribution is 0.393. The Balaban J connectivity index is 1.70. The third-order valence-corrected chi connectivity index (χ3v) is 8.62. The van der Waals surface area contributed by atoms with Crippen LogP contribution in [0.15, 0.2) is 80.9 Å². The lowest BCUT2D eigenvalue weighted by Crippen LogP contribution is -2.31. The summed E-state index contributed by atoms with van der Waals surface area (Å²) in [6, 6.07) is 15.3. The van der Waals surface area contributed by atoms with Crippen LogP contribution in [0.5, 0.6) is 23.0 Å². The van der Waals surface area contributed by atoms with Crippen molar-refractivity contribution in [2.45, 2.75) is 18.0 Å². The first-order valence-corrected chi connectivity index (χ1v) is 14.5. The van der Waals surface area contributed by atoms with Gasteiger partial charge in [0, 0.05) is 22.9 Å². The summed E-state index contributed by atoms with van der Waals surface area (Å²) in [5, 5.41) is 8.89. The van der Waals surface area contributed by atoms with Gasteiger partial charge in [0.2, 0.25) is 0 Å². The number of methoxy groups -OCH3 is 4. The fraction of sp³-hybridized carbons (Fsp3) is 0.214. The number of ether oxygens (including phenoxy) is 4. The van der Waals surface area contributed by atoms with Crippen molar-refractivity contribution in [3.8, 4) is 23.0 Å². The molecular weight excluding hydrogens is 616 g/mol. The van der Waals surface area contributed by atoms with Gasteiger partial charge in [0.1, 0.15) is 33.3 Å². The van der Waals surface area contributed by atoms with Gasteiger partial charge in [-0.3, -0.25) is 4.68 Å². The van der Waals surface area contributed by atoms with E-state index in [2.05, 4.69) is 26.2 Å². The van der Waals surface area contributed by atoms with Crippen molar-refractivity contribution in [2.75, 3.05) is 32.7 Å². The third kappa shape index (κ3) is 5.68. The Bertz CT molecular complexity index is 1770. The highest BCUT2D eigenvalue weighted by atomic mass is 79.9. The van der Waals surface area contributed by atoms with E-state index >= 15 is 0 Å². The van der Waals surface area contributed by atoms with E-state index < -0.39 is 10.0 Å². The molecule has 0 bridgehead atoms. The van der Waals surface area contributed by atoms with Crippen LogP contribution in [0, 0.1) is 0 Å². The van der Waals surface area contributed by atoms with Gasteiger partial charge in [-0.25, -0.2) is 12.7 Å². The van der Waals surface area contributed by atoms with Crippen molar-refractivity contribution < 1.29 is 31.9 Å². The van der Waals surface area contributed by atoms with Crippen molar-refractivity contribution in [3.63, 3.8) is 0 Å². The maximum atomic E-state index is 14.4. The van der Waals surface area contributed by atoms with E-state index in [9.17, 15) is 8.42 Å². The first-order chi connectivity index (χ1) is 19.8. The summed E-state index contributed by atoms with van der Waals surface area (Å²) >= 11 is 3.38. The van der Waals surface area contributed by atoms with Crippen molar-refractivity contribution >= 4 is 42.7 Å². The first-order valence-electron chi connectivity index (χ1n) is 12.3. The lowest BCUT2D eigenvalue weighted by Gasteiger charge is -2.24. The van der Waals surface area contributed by atoms with Crippen LogP contribution in [-0.2, 0) is 23.1 Å². The van der Waals surface area contributed by atoms with Crippen LogP contribution in [0.4, 0.5) is 5.82 Å². The first kappa shape index (κ1) is 28.3. The molecule has 11 nitrogen and oxygen atoms in total. The molecule has 214 valence electrons. The molecule has 0 radical (unpaired) electrons. The Hall–Kier alpha value is -4.23. The van der Waals surface area contributed by atoms with Gasteiger partial charge in [-0.1, -0.05) is 21.1 Å². The summed E-state index contributed by atoms with van der Waals surface area (Å²) in [5.41, 5.74) is 1.77. The number of halogens is 1. The second kappa shape index (κ2) is 11.7. The fourth-order valence-corrected chi connectivity index (χ4v) is 6.55. The molecule has 5 aromatic rings. The predicted molar refractivity (Wildman–Crippen MR) is 155 cm³/mol. The number of anilines is 1. The Morgan fingerprint density at radius 1 is 0.902 bits per heavy atom. The summed E-state index contributed by atoms with van der Waals surface area (Å²) in [4.78, 5) is -0.0605. The van der Waals surface area contributed by atoms with Gasteiger partial charge >= 0.3 is 0 Å². The topological polar surface area (TPSA) is 118 Å². The maximum Gasteiger partial charge on any atom is 0.269 e. The molecule has 0 saturated carbocycles. The van der Waals surface area contributed by atoms with Crippen LogP contribution < -0.4 is 23.3 Å². The summed E-state index contributed by atoms with van der Waals surface area (Å²) in [5.74, 6) is 1.62. The molecule has 0 amide bonds. The quantitative estimate of drug-likeness (QED) is 0.190. The van der Waals surface area contributed by atoms with Gasteiger partial charge in [0.05, 0.1) is 41.5 Å². The normalized spacial score (nSPS) is 11.4. The van der Waals surface area contributed by atoms with E-state index in [4.69, 9.17) is 23.5 Å². The van der Waals surface area contributed by atoms with E-state index in [-0.39, 0.29) is 23.0 Å². The monoisotopic (exact) mass is 642 g/mol. The number of rotatable bonds is 11. The molecule has 41 heavy (non-hydrogen) atoms. The summed E-state index contributed by atoms with van der Waals surface area (Å²) in [6.07, 6.45) is 3.53. The van der Waals surface area contributed by atoms with Crippen molar-refractivity contribution in [3.05, 3.63) is 82.6 Å². The van der Waals surface area contributed by atoms with Gasteiger partial charge in [-0.15, -0.1) is 0 Å². The molecule has 0 atom stereocenters. The highest BCUT2D eigenvalue weighted by Crippen LogP contribution is 2.40. The van der Waals surface area contributed by atoms with E-state index in [1.807, 2.05) is 18.3 Å². The number of benzene rings is 3. The van der Waals surface area contributed by atoms with E-state index in [0.29, 0.717) is 44.8 Å². The van der Waals surface area contributed by atoms with Crippen LogP contribution >= 0.6 is 15.9 Å². The number of hydrogen-bond donors (Lipinski definition) is 0. The molecule has 0 fully saturated rings. The maximum absolute atomic E-state index is 14.4. The molecule has 0 aliphatic rings. The molecule has 0 N–H and O–H groups in total. The number of aromatic nitrogens is 3. The minimum absolute atomic E-state index is 0.0475. The summed E-state index contributed by atoms with van der Waals surface area (Å²) in [6.45, 7) is 0.321. The second-order valence-corrected chi connectivity index (χ2v) is 11.7. The smallest absolute Gasteiger partial charge is 0.269 e. The third-order valence-electron chi connectivity index (χ3n) is 6.37. The zero-order valence-corrected chi connectivity index (χ0v) is 25.1. The largest absolute Gasteiger partial charge is 0.497 e. The number of fused-ring (bicyclic) bond motifs is 1. The van der Waals surface area contributed by atoms with Crippen LogP contribution in [0.1, 0.15) is 11.1 Å². The zero-order valence-electron chi connectivity index (χ0n) is 22.7. The number of nitrogens with zero attached hydrogens (tertiary/aromatic N) is 4. The minimum atomic E-state index is -4.29. The van der Waals surface area contributed by atoms with Crippen molar-refractivity contribution in [1.82, 2.24) is 14.9 Å². The predicted octanol–water partition coefficient (Wildman–Crippen LogP) is 5.27. The summed E-state index contributed by atoms with van der Waals surface area (Å²) in [7, 11) is 1.68. The number of hydrogen-bond acceptors (Lipinski definition) is 9. The van der Waals surface area contributed by atoms with Gasteiger partial charge in [-0.2, -0.15) is 5.10 Å². The van der Waals surface area contributed by atoms with Crippen LogP contribution in [-0.4, -0.2) is 51.8 Å². The molecule has 3 aromatic carbocycles. The Morgan fingerprint density at radius 2 is 1.63 bits per heavy atom. The molecule has 0 saturated heterocycles. The molecular formula is C28H27BrN4O7S. The minimum Gasteiger partial charge on any atom is -0.497 e. The molecule has 2 heterocycles. The van der Waals surface area contributed by atoms with E-state index in [0.717, 1.165) is 9.87 Å². The van der Waals surface area contributed by atoms with Gasteiger partial charge < -0.3 is 23.5 Å². The van der Waals surface area contributed by atoms with E-state index in [1.54, 1.807) is 47.3 Å². The van der Waals surface area contributed by atoms with Crippen LogP contribution in [0.3, 0.4) is 0 Å². The van der Waals surface area contributed by atoms with Gasteiger partial charge in [0.15, 0.2) is 11.4 Å². The second-order valence-electron chi connectivity index (χ2n) is 8.91. The van der Waals surface area contributed by atoms with Gasteiger partial charge in [0.25, 0.3) is 10.0 Å². The highest BCUT2D eigenvalue weighted by Gasteiger charge is 2.34. The Labute approximate surface area is 245 Å². The highest BCUT2D eigenvalue weighted by molar-refractivity contribution is 9.10. The Kier molecular flexibility index (Phi) is 8.08. The SMILES string of the molecule is COc1cc(CN(c2noc3cc(Cn4cccn4)cc(OC)c23)S(=O)(=O)c2cc(Br)ccc2OC)cc(OC)c1. The fourth-order valence-electron chi connectivity index (χ4n) is 4.45. The summed E-state index contributed by atoms with van der Waals surface area (Å²) < 4.78 is 60.0. The molecule has 0 unspecified atom stereocenters. The van der Waals surface area contributed by atoms with Crippen molar-refractivity contribution in [1.29, 1.82) is 0 Å². The molecule has 5 rings (SSSR count). The average molecular weight is 644 g/mol. The van der Waals surface area contributed by atoms with Gasteiger partial charge in [-0.05, 0) is 59.7 Å². The van der Waals surface area contributed by atoms with E-state index in [1.165, 1.54) is 34.5 Å².